The summed E-state index contributed by atoms with van der Waals surface area (Å²) >= 11 is 0. The summed E-state index contributed by atoms with van der Waals surface area (Å²) < 4.78 is 12.9. The van der Waals surface area contributed by atoms with Crippen molar-refractivity contribution in [3.8, 4) is 11.4 Å². The van der Waals surface area contributed by atoms with Gasteiger partial charge in [-0.1, -0.05) is 12.1 Å². The van der Waals surface area contributed by atoms with Gasteiger partial charge in [-0.05, 0) is 12.1 Å². The Morgan fingerprint density at radius 2 is 2.04 bits per heavy atom. The van der Waals surface area contributed by atoms with Crippen molar-refractivity contribution in [1.82, 2.24) is 19.6 Å². The highest BCUT2D eigenvalue weighted by molar-refractivity contribution is 5.70. The summed E-state index contributed by atoms with van der Waals surface area (Å²) in [6.45, 7) is 3.38. The predicted molar refractivity (Wildman–Crippen MR) is 96.5 cm³/mol. The minimum atomic E-state index is -0.288. The van der Waals surface area contributed by atoms with Gasteiger partial charge in [0.1, 0.15) is 17.0 Å². The zero-order valence-electron chi connectivity index (χ0n) is 15.2. The Bertz CT molecular complexity index is 796. The number of methoxy groups -OCH3 is 1. The van der Waals surface area contributed by atoms with E-state index in [1.54, 1.807) is 19.1 Å². The van der Waals surface area contributed by atoms with E-state index >= 15 is 0 Å². The van der Waals surface area contributed by atoms with Gasteiger partial charge in [0.15, 0.2) is 0 Å². The van der Waals surface area contributed by atoms with Gasteiger partial charge >= 0.3 is 6.09 Å². The number of rotatable bonds is 4. The lowest BCUT2D eigenvalue weighted by molar-refractivity contribution is -0.00119. The molecule has 7 nitrogen and oxygen atoms in total. The molecule has 0 atom stereocenters. The number of hydrogen-bond acceptors (Lipinski definition) is 5. The average Bonchev–Trinajstić information content (AvgIpc) is 3.22. The molecular formula is C19H24N4O3. The Morgan fingerprint density at radius 3 is 2.73 bits per heavy atom. The lowest BCUT2D eigenvalue weighted by Crippen LogP contribution is -2.46. The molecule has 138 valence electrons. The monoisotopic (exact) mass is 356 g/mol. The van der Waals surface area contributed by atoms with Gasteiger partial charge in [-0.25, -0.2) is 9.48 Å². The number of hydrogen-bond donors (Lipinski definition) is 0. The van der Waals surface area contributed by atoms with E-state index < -0.39 is 0 Å². The lowest BCUT2D eigenvalue weighted by atomic mass is 9.91. The molecule has 2 aliphatic heterocycles. The van der Waals surface area contributed by atoms with Crippen molar-refractivity contribution in [2.45, 2.75) is 25.0 Å². The van der Waals surface area contributed by atoms with Crippen LogP contribution in [0.25, 0.3) is 5.69 Å². The molecule has 0 unspecified atom stereocenters. The molecule has 1 amide bonds. The average molecular weight is 356 g/mol. The van der Waals surface area contributed by atoms with E-state index in [9.17, 15) is 4.79 Å². The van der Waals surface area contributed by atoms with E-state index in [-0.39, 0.29) is 11.7 Å². The molecule has 7 heteroatoms. The first-order valence-corrected chi connectivity index (χ1v) is 8.92. The topological polar surface area (TPSA) is 59.8 Å². The molecule has 0 radical (unpaired) electrons. The highest BCUT2D eigenvalue weighted by Crippen LogP contribution is 2.33. The van der Waals surface area contributed by atoms with Gasteiger partial charge in [-0.3, -0.25) is 4.90 Å². The predicted octanol–water partition coefficient (Wildman–Crippen LogP) is 2.30. The van der Waals surface area contributed by atoms with Crippen molar-refractivity contribution >= 4 is 6.09 Å². The molecule has 2 saturated heterocycles. The van der Waals surface area contributed by atoms with Crippen molar-refractivity contribution in [2.75, 3.05) is 33.8 Å². The fourth-order valence-corrected chi connectivity index (χ4v) is 3.82. The number of ether oxygens (including phenoxy) is 2. The van der Waals surface area contributed by atoms with E-state index in [1.165, 1.54) is 0 Å². The smallest absolute Gasteiger partial charge is 0.410 e. The van der Waals surface area contributed by atoms with Crippen molar-refractivity contribution in [1.29, 1.82) is 0 Å². The molecule has 1 aromatic carbocycles. The number of nitrogens with zero attached hydrogens (tertiary/aromatic N) is 4. The molecule has 0 aliphatic carbocycles. The fraction of sp³-hybridized carbons (Fsp3) is 0.474. The summed E-state index contributed by atoms with van der Waals surface area (Å²) in [5, 5.41) is 4.49. The van der Waals surface area contributed by atoms with Crippen LogP contribution in [0.3, 0.4) is 0 Å². The molecule has 0 N–H and O–H groups in total. The maximum absolute atomic E-state index is 11.7. The van der Waals surface area contributed by atoms with E-state index in [2.05, 4.69) is 10.00 Å². The minimum Gasteiger partial charge on any atom is -0.494 e. The number of piperidine rings is 1. The molecule has 2 fully saturated rings. The van der Waals surface area contributed by atoms with E-state index in [0.717, 1.165) is 49.5 Å². The molecule has 1 aromatic heterocycles. The Balaban J connectivity index is 1.39. The number of likely N-dealkylation sites (tertiary alicyclic amines) is 1. The SMILES string of the molecule is COc1ccccc1-n1cc(CN2CCC3(CC2)CN(C)C(=O)O3)cn1. The van der Waals surface area contributed by atoms with Crippen molar-refractivity contribution in [3.05, 3.63) is 42.2 Å². The number of carbonyl (C=O) groups excluding carboxylic acids is 1. The van der Waals surface area contributed by atoms with E-state index in [4.69, 9.17) is 9.47 Å². The molecule has 4 rings (SSSR count). The Morgan fingerprint density at radius 1 is 1.27 bits per heavy atom. The van der Waals surface area contributed by atoms with Gasteiger partial charge < -0.3 is 14.4 Å². The highest BCUT2D eigenvalue weighted by atomic mass is 16.6. The van der Waals surface area contributed by atoms with E-state index in [1.807, 2.05) is 41.3 Å². The molecule has 3 heterocycles. The Labute approximate surface area is 153 Å². The molecular weight excluding hydrogens is 332 g/mol. The van der Waals surface area contributed by atoms with Crippen molar-refractivity contribution in [2.24, 2.45) is 0 Å². The minimum absolute atomic E-state index is 0.198. The van der Waals surface area contributed by atoms with Gasteiger partial charge in [-0.2, -0.15) is 5.10 Å². The van der Waals surface area contributed by atoms with Gasteiger partial charge in [0.25, 0.3) is 0 Å². The van der Waals surface area contributed by atoms with E-state index in [0.29, 0.717) is 6.54 Å². The van der Waals surface area contributed by atoms with Crippen LogP contribution in [-0.2, 0) is 11.3 Å². The maximum atomic E-state index is 11.7. The quantitative estimate of drug-likeness (QED) is 0.841. The number of benzene rings is 1. The molecule has 26 heavy (non-hydrogen) atoms. The molecule has 1 spiro atoms. The zero-order valence-corrected chi connectivity index (χ0v) is 15.2. The second kappa shape index (κ2) is 6.64. The largest absolute Gasteiger partial charge is 0.494 e. The van der Waals surface area contributed by atoms with Gasteiger partial charge in [0.05, 0.1) is 19.9 Å². The number of para-hydroxylation sites is 2. The Kier molecular flexibility index (Phi) is 4.32. The Hall–Kier alpha value is -2.54. The second-order valence-electron chi connectivity index (χ2n) is 7.15. The van der Waals surface area contributed by atoms with Crippen LogP contribution in [0, 0.1) is 0 Å². The number of amides is 1. The van der Waals surface area contributed by atoms with Crippen molar-refractivity contribution in [3.63, 3.8) is 0 Å². The maximum Gasteiger partial charge on any atom is 0.410 e. The first kappa shape index (κ1) is 16.9. The van der Waals surface area contributed by atoms with Crippen LogP contribution in [0.1, 0.15) is 18.4 Å². The van der Waals surface area contributed by atoms with Crippen LogP contribution in [0.2, 0.25) is 0 Å². The summed E-state index contributed by atoms with van der Waals surface area (Å²) in [6.07, 6.45) is 5.51. The van der Waals surface area contributed by atoms with Crippen LogP contribution in [-0.4, -0.2) is 65.1 Å². The summed E-state index contributed by atoms with van der Waals surface area (Å²) in [4.78, 5) is 15.7. The fourth-order valence-electron chi connectivity index (χ4n) is 3.82. The summed E-state index contributed by atoms with van der Waals surface area (Å²) in [5.41, 5.74) is 1.80. The molecule has 2 aromatic rings. The number of aromatic nitrogens is 2. The van der Waals surface area contributed by atoms with Crippen LogP contribution in [0.4, 0.5) is 4.79 Å². The molecule has 2 aliphatic rings. The second-order valence-corrected chi connectivity index (χ2v) is 7.15. The standard InChI is InChI=1S/C19H24N4O3/c1-21-14-19(26-18(21)24)7-9-22(10-8-19)12-15-11-20-23(13-15)16-5-3-4-6-17(16)25-2/h3-6,11,13H,7-10,12,14H2,1-2H3. The van der Waals surface area contributed by atoms with Crippen LogP contribution in [0.5, 0.6) is 5.75 Å². The summed E-state index contributed by atoms with van der Waals surface area (Å²) in [6, 6.07) is 7.85. The number of likely N-dealkylation sites (N-methyl/N-ethyl adjacent to an activating group) is 1. The summed E-state index contributed by atoms with van der Waals surface area (Å²) in [7, 11) is 3.47. The van der Waals surface area contributed by atoms with Crippen molar-refractivity contribution < 1.29 is 14.3 Å². The first-order valence-electron chi connectivity index (χ1n) is 8.92. The van der Waals surface area contributed by atoms with Gasteiger partial charge in [0, 0.05) is 51.3 Å². The molecule has 0 bridgehead atoms. The normalized spacial score (nSPS) is 19.8. The third-order valence-corrected chi connectivity index (χ3v) is 5.28. The highest BCUT2D eigenvalue weighted by Gasteiger charge is 2.45. The van der Waals surface area contributed by atoms with Crippen LogP contribution >= 0.6 is 0 Å². The molecule has 0 saturated carbocycles. The number of carbonyl (C=O) groups is 1. The zero-order chi connectivity index (χ0) is 18.1. The first-order chi connectivity index (χ1) is 12.6. The lowest BCUT2D eigenvalue weighted by Gasteiger charge is -2.37. The van der Waals surface area contributed by atoms with Crippen LogP contribution < -0.4 is 4.74 Å². The summed E-state index contributed by atoms with van der Waals surface area (Å²) in [5.74, 6) is 0.800. The van der Waals surface area contributed by atoms with Gasteiger partial charge in [0.2, 0.25) is 0 Å². The third-order valence-electron chi connectivity index (χ3n) is 5.28. The third kappa shape index (κ3) is 3.14. The van der Waals surface area contributed by atoms with Crippen LogP contribution in [0.15, 0.2) is 36.7 Å². The van der Waals surface area contributed by atoms with Gasteiger partial charge in [-0.15, -0.1) is 0 Å².